The lowest BCUT2D eigenvalue weighted by Crippen LogP contribution is -2.47. The second-order valence-electron chi connectivity index (χ2n) is 7.90. The van der Waals surface area contributed by atoms with Crippen LogP contribution in [0.1, 0.15) is 46.9 Å². The van der Waals surface area contributed by atoms with Crippen LogP contribution in [0.5, 0.6) is 0 Å². The minimum Gasteiger partial charge on any atom is -0.393 e. The number of pyridine rings is 1. The van der Waals surface area contributed by atoms with E-state index in [-0.39, 0.29) is 19.1 Å². The first-order valence-corrected chi connectivity index (χ1v) is 12.2. The number of aromatic nitrogens is 1. The monoisotopic (exact) mass is 548 g/mol. The molecule has 1 aromatic heterocycles. The third kappa shape index (κ3) is 4.81. The zero-order valence-corrected chi connectivity index (χ0v) is 21.1. The minimum absolute atomic E-state index is 0.172. The summed E-state index contributed by atoms with van der Waals surface area (Å²) < 4.78 is 7.37. The van der Waals surface area contributed by atoms with Gasteiger partial charge in [0.15, 0.2) is 5.72 Å². The van der Waals surface area contributed by atoms with Gasteiger partial charge in [0.2, 0.25) is 0 Å². The highest BCUT2D eigenvalue weighted by molar-refractivity contribution is 9.10. The van der Waals surface area contributed by atoms with Gasteiger partial charge in [-0.05, 0) is 49.2 Å². The maximum Gasteiger partial charge on any atom is 0.257 e. The van der Waals surface area contributed by atoms with Crippen molar-refractivity contribution < 1.29 is 14.6 Å². The summed E-state index contributed by atoms with van der Waals surface area (Å²) in [5.41, 5.74) is 1.52. The number of carbonyl (C=O) groups excluding carboxylic acids is 1. The van der Waals surface area contributed by atoms with Crippen LogP contribution in [0.2, 0.25) is 10.0 Å². The number of fused-ring (bicyclic) bond motifs is 1. The van der Waals surface area contributed by atoms with Gasteiger partial charge in [-0.25, -0.2) is 0 Å². The molecule has 2 aromatic carbocycles. The molecule has 0 radical (unpaired) electrons. The van der Waals surface area contributed by atoms with Crippen molar-refractivity contribution in [3.05, 3.63) is 97.7 Å². The molecule has 0 saturated heterocycles. The Bertz CT molecular complexity index is 1140. The fraction of sp³-hybridized carbons (Fsp3) is 0.280. The Balaban J connectivity index is 1.86. The van der Waals surface area contributed by atoms with Crippen LogP contribution in [-0.4, -0.2) is 33.6 Å². The summed E-state index contributed by atoms with van der Waals surface area (Å²) in [5, 5.41) is 11.2. The highest BCUT2D eigenvalue weighted by Gasteiger charge is 2.52. The Hall–Kier alpha value is -1.96. The molecule has 0 saturated carbocycles. The van der Waals surface area contributed by atoms with E-state index in [4.69, 9.17) is 27.9 Å². The van der Waals surface area contributed by atoms with Crippen LogP contribution in [0.3, 0.4) is 0 Å². The molecule has 0 fully saturated rings. The van der Waals surface area contributed by atoms with Crippen LogP contribution in [-0.2, 0) is 17.0 Å². The topological polar surface area (TPSA) is 62.7 Å². The molecule has 5 nitrogen and oxygen atoms in total. The van der Waals surface area contributed by atoms with Crippen molar-refractivity contribution in [3.63, 3.8) is 0 Å². The lowest BCUT2D eigenvalue weighted by molar-refractivity contribution is -0.117. The molecule has 1 N–H and O–H groups in total. The lowest BCUT2D eigenvalue weighted by Gasteiger charge is -2.39. The third-order valence-electron chi connectivity index (χ3n) is 5.78. The molecule has 1 amide bonds. The number of aliphatic hydroxyl groups is 1. The Morgan fingerprint density at radius 1 is 1.12 bits per heavy atom. The van der Waals surface area contributed by atoms with Crippen molar-refractivity contribution in [2.75, 3.05) is 6.61 Å². The summed E-state index contributed by atoms with van der Waals surface area (Å²) in [7, 11) is 0. The Labute approximate surface area is 211 Å². The Morgan fingerprint density at radius 3 is 2.52 bits per heavy atom. The standard InChI is InChI=1S/C25H23BrCl2N2O3/c1-2-21(31)11-12-33-25(16-3-6-18(27)7-4-16)23-10-5-17(26)13-22(23)24(32)30(25)15-20-9-8-19(28)14-29-20/h3-10,13-14,21,31H,2,11-12,15H2,1H3. The van der Waals surface area contributed by atoms with E-state index in [2.05, 4.69) is 20.9 Å². The van der Waals surface area contributed by atoms with Crippen molar-refractivity contribution in [2.24, 2.45) is 0 Å². The van der Waals surface area contributed by atoms with E-state index in [0.29, 0.717) is 34.1 Å². The van der Waals surface area contributed by atoms with Crippen LogP contribution in [0.15, 0.2) is 65.3 Å². The summed E-state index contributed by atoms with van der Waals surface area (Å²) in [6.07, 6.45) is 2.14. The molecule has 33 heavy (non-hydrogen) atoms. The molecular weight excluding hydrogens is 527 g/mol. The second kappa shape index (κ2) is 10.1. The van der Waals surface area contributed by atoms with E-state index in [9.17, 15) is 9.90 Å². The first kappa shape index (κ1) is 24.2. The van der Waals surface area contributed by atoms with Gasteiger partial charge in [-0.2, -0.15) is 0 Å². The van der Waals surface area contributed by atoms with Crippen LogP contribution in [0.25, 0.3) is 0 Å². The van der Waals surface area contributed by atoms with Crippen LogP contribution >= 0.6 is 39.1 Å². The highest BCUT2D eigenvalue weighted by Crippen LogP contribution is 2.47. The van der Waals surface area contributed by atoms with E-state index in [1.165, 1.54) is 0 Å². The molecule has 2 unspecified atom stereocenters. The quantitative estimate of drug-likeness (QED) is 0.364. The molecule has 0 spiro atoms. The summed E-state index contributed by atoms with van der Waals surface area (Å²) in [6, 6.07) is 16.4. The molecule has 2 heterocycles. The predicted molar refractivity (Wildman–Crippen MR) is 132 cm³/mol. The maximum atomic E-state index is 13.7. The minimum atomic E-state index is -1.20. The largest absolute Gasteiger partial charge is 0.393 e. The van der Waals surface area contributed by atoms with Gasteiger partial charge in [-0.15, -0.1) is 0 Å². The number of hydrogen-bond donors (Lipinski definition) is 1. The number of nitrogens with zero attached hydrogens (tertiary/aromatic N) is 2. The van der Waals surface area contributed by atoms with Gasteiger partial charge in [0.05, 0.1) is 30.0 Å². The summed E-state index contributed by atoms with van der Waals surface area (Å²) in [4.78, 5) is 19.8. The zero-order valence-electron chi connectivity index (χ0n) is 18.0. The van der Waals surface area contributed by atoms with Gasteiger partial charge in [-0.3, -0.25) is 14.7 Å². The van der Waals surface area contributed by atoms with Gasteiger partial charge in [-0.1, -0.05) is 64.3 Å². The fourth-order valence-electron chi connectivity index (χ4n) is 4.04. The molecule has 3 aromatic rings. The normalized spacial score (nSPS) is 18.5. The number of hydrogen-bond acceptors (Lipinski definition) is 4. The first-order valence-electron chi connectivity index (χ1n) is 10.7. The molecule has 0 bridgehead atoms. The molecule has 4 rings (SSSR count). The number of halogens is 3. The Kier molecular flexibility index (Phi) is 7.41. The highest BCUT2D eigenvalue weighted by atomic mass is 79.9. The first-order chi connectivity index (χ1) is 15.8. The fourth-order valence-corrected chi connectivity index (χ4v) is 4.64. The maximum absolute atomic E-state index is 13.7. The van der Waals surface area contributed by atoms with E-state index in [1.807, 2.05) is 37.3 Å². The predicted octanol–water partition coefficient (Wildman–Crippen LogP) is 6.19. The average molecular weight is 550 g/mol. The second-order valence-corrected chi connectivity index (χ2v) is 9.69. The van der Waals surface area contributed by atoms with E-state index >= 15 is 0 Å². The van der Waals surface area contributed by atoms with Gasteiger partial charge in [0.25, 0.3) is 5.91 Å². The summed E-state index contributed by atoms with van der Waals surface area (Å²) >= 11 is 15.7. The van der Waals surface area contributed by atoms with Gasteiger partial charge >= 0.3 is 0 Å². The SMILES string of the molecule is CCC(O)CCOC1(c2ccc(Cl)cc2)c2ccc(Br)cc2C(=O)N1Cc1ccc(Cl)cn1. The van der Waals surface area contributed by atoms with Crippen molar-refractivity contribution in [2.45, 2.75) is 38.1 Å². The van der Waals surface area contributed by atoms with Gasteiger partial charge < -0.3 is 9.84 Å². The van der Waals surface area contributed by atoms with Crippen molar-refractivity contribution in [3.8, 4) is 0 Å². The molecule has 1 aliphatic heterocycles. The van der Waals surface area contributed by atoms with E-state index in [1.54, 1.807) is 35.4 Å². The van der Waals surface area contributed by atoms with Gasteiger partial charge in [0, 0.05) is 32.4 Å². The summed E-state index contributed by atoms with van der Waals surface area (Å²) in [5.74, 6) is -0.172. The zero-order chi connectivity index (χ0) is 23.6. The third-order valence-corrected chi connectivity index (χ3v) is 6.75. The number of amides is 1. The number of ether oxygens (including phenoxy) is 1. The Morgan fingerprint density at radius 2 is 1.85 bits per heavy atom. The van der Waals surface area contributed by atoms with E-state index < -0.39 is 11.8 Å². The van der Waals surface area contributed by atoms with Crippen LogP contribution < -0.4 is 0 Å². The summed E-state index contributed by atoms with van der Waals surface area (Å²) in [6.45, 7) is 2.39. The number of rotatable bonds is 8. The molecule has 8 heteroatoms. The van der Waals surface area contributed by atoms with Gasteiger partial charge in [0.1, 0.15) is 0 Å². The molecule has 2 atom stereocenters. The van der Waals surface area contributed by atoms with Crippen molar-refractivity contribution in [1.29, 1.82) is 0 Å². The molecule has 1 aliphatic rings. The molecule has 172 valence electrons. The lowest BCUT2D eigenvalue weighted by atomic mass is 9.93. The van der Waals surface area contributed by atoms with Crippen molar-refractivity contribution in [1.82, 2.24) is 9.88 Å². The average Bonchev–Trinajstić information content (AvgIpc) is 3.03. The van der Waals surface area contributed by atoms with E-state index in [0.717, 1.165) is 15.6 Å². The van der Waals surface area contributed by atoms with Crippen LogP contribution in [0.4, 0.5) is 0 Å². The number of aliphatic hydroxyl groups excluding tert-OH is 1. The number of benzene rings is 2. The molecular formula is C25H23BrCl2N2O3. The van der Waals surface area contributed by atoms with Crippen LogP contribution in [0, 0.1) is 0 Å². The number of carbonyl (C=O) groups is 1. The van der Waals surface area contributed by atoms with Crippen molar-refractivity contribution >= 4 is 45.0 Å². The molecule has 0 aliphatic carbocycles. The smallest absolute Gasteiger partial charge is 0.257 e.